The van der Waals surface area contributed by atoms with Crippen LogP contribution in [0.4, 0.5) is 5.69 Å². The maximum atomic E-state index is 4.06. The number of imidazole rings is 1. The van der Waals surface area contributed by atoms with Crippen molar-refractivity contribution in [3.63, 3.8) is 0 Å². The molecule has 0 bridgehead atoms. The fourth-order valence-electron chi connectivity index (χ4n) is 1.79. The summed E-state index contributed by atoms with van der Waals surface area (Å²) < 4.78 is 2.00. The number of rotatable bonds is 4. The molecule has 90 valence electrons. The molecule has 0 unspecified atom stereocenters. The normalized spacial score (nSPS) is 10.4. The van der Waals surface area contributed by atoms with Gasteiger partial charge in [0.15, 0.2) is 0 Å². The van der Waals surface area contributed by atoms with E-state index in [0.29, 0.717) is 0 Å². The number of thiophene rings is 1. The third kappa shape index (κ3) is 2.43. The second-order valence-corrected chi connectivity index (χ2v) is 4.79. The number of hydrogen-bond acceptors (Lipinski definition) is 3. The molecule has 0 fully saturated rings. The van der Waals surface area contributed by atoms with Gasteiger partial charge in [0.25, 0.3) is 0 Å². The zero-order valence-corrected chi connectivity index (χ0v) is 10.6. The minimum Gasteiger partial charge on any atom is -0.381 e. The van der Waals surface area contributed by atoms with Gasteiger partial charge in [-0.2, -0.15) is 11.3 Å². The van der Waals surface area contributed by atoms with Crippen molar-refractivity contribution >= 4 is 17.0 Å². The third-order valence-electron chi connectivity index (χ3n) is 2.73. The molecule has 0 amide bonds. The standard InChI is InChI=1S/C14H13N3S/c1-2-13(16-9-12-4-7-18-10-12)8-14(3-1)17-6-5-15-11-17/h1-8,10-11,16H,9H2. The number of anilines is 1. The molecular formula is C14H13N3S. The van der Waals surface area contributed by atoms with E-state index < -0.39 is 0 Å². The van der Waals surface area contributed by atoms with Gasteiger partial charge in [-0.1, -0.05) is 6.07 Å². The summed E-state index contributed by atoms with van der Waals surface area (Å²) in [5.74, 6) is 0. The Morgan fingerprint density at radius 1 is 1.28 bits per heavy atom. The average molecular weight is 255 g/mol. The van der Waals surface area contributed by atoms with Crippen LogP contribution in [0.15, 0.2) is 59.8 Å². The van der Waals surface area contributed by atoms with E-state index in [4.69, 9.17) is 0 Å². The van der Waals surface area contributed by atoms with Crippen LogP contribution >= 0.6 is 11.3 Å². The Hall–Kier alpha value is -2.07. The largest absolute Gasteiger partial charge is 0.381 e. The zero-order chi connectivity index (χ0) is 12.2. The van der Waals surface area contributed by atoms with Crippen LogP contribution in [0.3, 0.4) is 0 Å². The van der Waals surface area contributed by atoms with Crippen molar-refractivity contribution < 1.29 is 0 Å². The quantitative estimate of drug-likeness (QED) is 0.772. The van der Waals surface area contributed by atoms with Gasteiger partial charge in [-0.15, -0.1) is 0 Å². The topological polar surface area (TPSA) is 29.9 Å². The number of aromatic nitrogens is 2. The van der Waals surface area contributed by atoms with E-state index in [0.717, 1.165) is 17.9 Å². The minimum absolute atomic E-state index is 0.858. The Morgan fingerprint density at radius 2 is 2.28 bits per heavy atom. The van der Waals surface area contributed by atoms with Crippen molar-refractivity contribution in [2.75, 3.05) is 5.32 Å². The van der Waals surface area contributed by atoms with Gasteiger partial charge in [0, 0.05) is 30.3 Å². The molecule has 18 heavy (non-hydrogen) atoms. The summed E-state index contributed by atoms with van der Waals surface area (Å²) in [5, 5.41) is 7.68. The first-order valence-electron chi connectivity index (χ1n) is 5.75. The van der Waals surface area contributed by atoms with Gasteiger partial charge in [0.05, 0.1) is 6.33 Å². The molecule has 0 aliphatic heterocycles. The smallest absolute Gasteiger partial charge is 0.0991 e. The molecule has 2 aromatic heterocycles. The maximum absolute atomic E-state index is 4.06. The second-order valence-electron chi connectivity index (χ2n) is 4.01. The summed E-state index contributed by atoms with van der Waals surface area (Å²) in [7, 11) is 0. The summed E-state index contributed by atoms with van der Waals surface area (Å²) in [6.07, 6.45) is 5.53. The van der Waals surface area contributed by atoms with E-state index in [1.165, 1.54) is 5.56 Å². The molecule has 0 atom stereocenters. The third-order valence-corrected chi connectivity index (χ3v) is 3.46. The van der Waals surface area contributed by atoms with Gasteiger partial charge in [-0.25, -0.2) is 4.98 Å². The van der Waals surface area contributed by atoms with Gasteiger partial charge in [-0.05, 0) is 40.6 Å². The van der Waals surface area contributed by atoms with Crippen LogP contribution in [0, 0.1) is 0 Å². The van der Waals surface area contributed by atoms with Gasteiger partial charge in [-0.3, -0.25) is 0 Å². The van der Waals surface area contributed by atoms with Crippen molar-refractivity contribution in [3.8, 4) is 5.69 Å². The number of benzene rings is 1. The Balaban J connectivity index is 1.75. The molecule has 2 heterocycles. The summed E-state index contributed by atoms with van der Waals surface area (Å²) in [4.78, 5) is 4.06. The lowest BCUT2D eigenvalue weighted by atomic mass is 10.2. The van der Waals surface area contributed by atoms with Gasteiger partial charge in [0.2, 0.25) is 0 Å². The fraction of sp³-hybridized carbons (Fsp3) is 0.0714. The highest BCUT2D eigenvalue weighted by atomic mass is 32.1. The molecule has 1 aromatic carbocycles. The zero-order valence-electron chi connectivity index (χ0n) is 9.78. The van der Waals surface area contributed by atoms with Crippen molar-refractivity contribution in [1.29, 1.82) is 0 Å². The predicted octanol–water partition coefficient (Wildman–Crippen LogP) is 3.55. The molecular weight excluding hydrogens is 242 g/mol. The number of nitrogens with zero attached hydrogens (tertiary/aromatic N) is 2. The maximum Gasteiger partial charge on any atom is 0.0991 e. The van der Waals surface area contributed by atoms with E-state index in [1.54, 1.807) is 23.9 Å². The summed E-state index contributed by atoms with van der Waals surface area (Å²) >= 11 is 1.72. The Morgan fingerprint density at radius 3 is 3.06 bits per heavy atom. The summed E-state index contributed by atoms with van der Waals surface area (Å²) in [6.45, 7) is 0.858. The SMILES string of the molecule is c1cc(NCc2ccsc2)cc(-n2ccnc2)c1. The van der Waals surface area contributed by atoms with Gasteiger partial charge in [0.1, 0.15) is 0 Å². The summed E-state index contributed by atoms with van der Waals surface area (Å²) in [5.41, 5.74) is 3.54. The van der Waals surface area contributed by atoms with E-state index >= 15 is 0 Å². The highest BCUT2D eigenvalue weighted by Gasteiger charge is 1.98. The highest BCUT2D eigenvalue weighted by molar-refractivity contribution is 7.07. The first kappa shape index (κ1) is 11.0. The van der Waals surface area contributed by atoms with Crippen LogP contribution in [-0.2, 0) is 6.54 Å². The molecule has 1 N–H and O–H groups in total. The molecule has 0 spiro atoms. The second kappa shape index (κ2) is 5.06. The van der Waals surface area contributed by atoms with Crippen LogP contribution in [0.1, 0.15) is 5.56 Å². The Kier molecular flexibility index (Phi) is 3.10. The highest BCUT2D eigenvalue weighted by Crippen LogP contribution is 2.16. The molecule has 0 saturated heterocycles. The molecule has 0 aliphatic rings. The lowest BCUT2D eigenvalue weighted by molar-refractivity contribution is 1.05. The van der Waals surface area contributed by atoms with E-state index in [9.17, 15) is 0 Å². The monoisotopic (exact) mass is 255 g/mol. The molecule has 3 rings (SSSR count). The fourth-order valence-corrected chi connectivity index (χ4v) is 2.45. The number of nitrogens with one attached hydrogen (secondary N) is 1. The van der Waals surface area contributed by atoms with Gasteiger partial charge < -0.3 is 9.88 Å². The van der Waals surface area contributed by atoms with E-state index in [2.05, 4.69) is 45.3 Å². The van der Waals surface area contributed by atoms with E-state index in [1.807, 2.05) is 16.8 Å². The molecule has 4 heteroatoms. The van der Waals surface area contributed by atoms with Crippen LogP contribution in [0.2, 0.25) is 0 Å². The molecule has 0 saturated carbocycles. The minimum atomic E-state index is 0.858. The molecule has 0 radical (unpaired) electrons. The van der Waals surface area contributed by atoms with Crippen LogP contribution in [0.5, 0.6) is 0 Å². The number of hydrogen-bond donors (Lipinski definition) is 1. The van der Waals surface area contributed by atoms with Crippen molar-refractivity contribution in [2.45, 2.75) is 6.54 Å². The summed E-state index contributed by atoms with van der Waals surface area (Å²) in [6, 6.07) is 10.4. The molecule has 0 aliphatic carbocycles. The van der Waals surface area contributed by atoms with Crippen molar-refractivity contribution in [3.05, 3.63) is 65.4 Å². The molecule has 3 nitrogen and oxygen atoms in total. The van der Waals surface area contributed by atoms with Crippen LogP contribution in [-0.4, -0.2) is 9.55 Å². The average Bonchev–Trinajstić information content (AvgIpc) is 3.10. The predicted molar refractivity (Wildman–Crippen MR) is 75.2 cm³/mol. The molecule has 3 aromatic rings. The lowest BCUT2D eigenvalue weighted by Crippen LogP contribution is -1.99. The van der Waals surface area contributed by atoms with E-state index in [-0.39, 0.29) is 0 Å². The first-order chi connectivity index (χ1) is 8.92. The van der Waals surface area contributed by atoms with Crippen LogP contribution in [0.25, 0.3) is 5.69 Å². The van der Waals surface area contributed by atoms with Gasteiger partial charge >= 0.3 is 0 Å². The Bertz CT molecular complexity index is 600. The Labute approximate surface area is 110 Å². The lowest BCUT2D eigenvalue weighted by Gasteiger charge is -2.08. The van der Waals surface area contributed by atoms with Crippen LogP contribution < -0.4 is 5.32 Å². The van der Waals surface area contributed by atoms with Crippen molar-refractivity contribution in [2.24, 2.45) is 0 Å². The first-order valence-corrected chi connectivity index (χ1v) is 6.69. The van der Waals surface area contributed by atoms with Crippen molar-refractivity contribution in [1.82, 2.24) is 9.55 Å².